The van der Waals surface area contributed by atoms with Crippen LogP contribution >= 0.6 is 0 Å². The summed E-state index contributed by atoms with van der Waals surface area (Å²) in [6, 6.07) is 7.36. The van der Waals surface area contributed by atoms with Gasteiger partial charge in [-0.15, -0.1) is 0 Å². The smallest absolute Gasteiger partial charge is 0.254 e. The minimum absolute atomic E-state index is 0.0539. The molecule has 0 unspecified atom stereocenters. The van der Waals surface area contributed by atoms with Crippen molar-refractivity contribution in [2.24, 2.45) is 0 Å². The summed E-state index contributed by atoms with van der Waals surface area (Å²) in [4.78, 5) is 26.7. The number of methoxy groups -OCH3 is 1. The van der Waals surface area contributed by atoms with Crippen molar-refractivity contribution >= 4 is 5.91 Å². The number of hydrogen-bond donors (Lipinski definition) is 0. The average Bonchev–Trinajstić information content (AvgIpc) is 2.73. The summed E-state index contributed by atoms with van der Waals surface area (Å²) in [7, 11) is 3.74. The van der Waals surface area contributed by atoms with E-state index in [2.05, 4.69) is 16.9 Å². The van der Waals surface area contributed by atoms with Crippen LogP contribution in [-0.4, -0.2) is 59.5 Å². The predicted octanol–water partition coefficient (Wildman–Crippen LogP) is 2.49. The second-order valence-electron chi connectivity index (χ2n) is 7.51. The van der Waals surface area contributed by atoms with Crippen molar-refractivity contribution in [1.82, 2.24) is 19.8 Å². The standard InChI is InChI=1S/C21H26N4O2/c1-24-10-8-19-17(13-24)12-22-20(23-19)16-6-4-9-25(14-16)21(26)15-5-3-7-18(11-15)27-2/h3,5,7,11-12,16H,4,6,8-10,13-14H2,1-2H3/t16-/m1/s1. The Morgan fingerprint density at radius 1 is 1.30 bits per heavy atom. The van der Waals surface area contributed by atoms with Crippen LogP contribution in [0.15, 0.2) is 30.5 Å². The SMILES string of the molecule is COc1cccc(C(=O)N2CCC[C@@H](c3ncc4c(n3)CCN(C)C4)C2)c1. The number of likely N-dealkylation sites (tertiary alicyclic amines) is 1. The Bertz CT molecular complexity index is 839. The first kappa shape index (κ1) is 17.9. The molecule has 0 bridgehead atoms. The van der Waals surface area contributed by atoms with Gasteiger partial charge in [-0.1, -0.05) is 6.07 Å². The molecule has 0 N–H and O–H groups in total. The highest BCUT2D eigenvalue weighted by molar-refractivity contribution is 5.94. The molecule has 142 valence electrons. The van der Waals surface area contributed by atoms with Crippen LogP contribution in [0.25, 0.3) is 0 Å². The fraction of sp³-hybridized carbons (Fsp3) is 0.476. The molecule has 0 saturated carbocycles. The number of likely N-dealkylation sites (N-methyl/N-ethyl adjacent to an activating group) is 1. The lowest BCUT2D eigenvalue weighted by atomic mass is 9.96. The number of ether oxygens (including phenoxy) is 1. The van der Waals surface area contributed by atoms with Gasteiger partial charge < -0.3 is 14.5 Å². The maximum absolute atomic E-state index is 12.9. The first-order chi connectivity index (χ1) is 13.1. The maximum Gasteiger partial charge on any atom is 0.254 e. The zero-order valence-corrected chi connectivity index (χ0v) is 16.0. The van der Waals surface area contributed by atoms with E-state index in [9.17, 15) is 4.79 Å². The highest BCUT2D eigenvalue weighted by Crippen LogP contribution is 2.27. The Morgan fingerprint density at radius 3 is 3.04 bits per heavy atom. The van der Waals surface area contributed by atoms with Gasteiger partial charge in [-0.2, -0.15) is 0 Å². The molecule has 1 aromatic heterocycles. The Labute approximate surface area is 160 Å². The summed E-state index contributed by atoms with van der Waals surface area (Å²) in [5, 5.41) is 0. The molecule has 1 atom stereocenters. The Morgan fingerprint density at radius 2 is 2.19 bits per heavy atom. The summed E-state index contributed by atoms with van der Waals surface area (Å²) in [6.07, 6.45) is 4.96. The number of rotatable bonds is 3. The van der Waals surface area contributed by atoms with Gasteiger partial charge in [-0.05, 0) is 38.1 Å². The van der Waals surface area contributed by atoms with Crippen molar-refractivity contribution in [3.8, 4) is 5.75 Å². The minimum Gasteiger partial charge on any atom is -0.497 e. The van der Waals surface area contributed by atoms with Crippen molar-refractivity contribution < 1.29 is 9.53 Å². The Kier molecular flexibility index (Phi) is 5.07. The first-order valence-corrected chi connectivity index (χ1v) is 9.60. The molecule has 0 radical (unpaired) electrons. The zero-order valence-electron chi connectivity index (χ0n) is 16.0. The van der Waals surface area contributed by atoms with E-state index in [0.29, 0.717) is 17.9 Å². The van der Waals surface area contributed by atoms with Crippen LogP contribution in [0.1, 0.15) is 46.2 Å². The number of hydrogen-bond acceptors (Lipinski definition) is 5. The summed E-state index contributed by atoms with van der Waals surface area (Å²) in [5.41, 5.74) is 3.08. The van der Waals surface area contributed by atoms with E-state index < -0.39 is 0 Å². The largest absolute Gasteiger partial charge is 0.497 e. The number of fused-ring (bicyclic) bond motifs is 1. The number of nitrogens with zero attached hydrogens (tertiary/aromatic N) is 4. The lowest BCUT2D eigenvalue weighted by Crippen LogP contribution is -2.39. The van der Waals surface area contributed by atoms with Gasteiger partial charge in [0.25, 0.3) is 5.91 Å². The quantitative estimate of drug-likeness (QED) is 0.835. The Balaban J connectivity index is 1.50. The third kappa shape index (κ3) is 3.81. The van der Waals surface area contributed by atoms with Gasteiger partial charge >= 0.3 is 0 Å². The third-order valence-electron chi connectivity index (χ3n) is 5.53. The summed E-state index contributed by atoms with van der Waals surface area (Å²) in [6.45, 7) is 3.41. The van der Waals surface area contributed by atoms with Crippen molar-refractivity contribution in [2.45, 2.75) is 31.7 Å². The van der Waals surface area contributed by atoms with Crippen molar-refractivity contribution in [1.29, 1.82) is 0 Å². The Hall–Kier alpha value is -2.47. The van der Waals surface area contributed by atoms with Crippen LogP contribution in [0.5, 0.6) is 5.75 Å². The molecule has 2 aromatic rings. The fourth-order valence-corrected chi connectivity index (χ4v) is 3.98. The van der Waals surface area contributed by atoms with Gasteiger partial charge in [0.2, 0.25) is 0 Å². The number of carbonyl (C=O) groups is 1. The molecule has 6 nitrogen and oxygen atoms in total. The molecule has 4 rings (SSSR count). The summed E-state index contributed by atoms with van der Waals surface area (Å²) in [5.74, 6) is 1.86. The number of benzene rings is 1. The van der Waals surface area contributed by atoms with Crippen LogP contribution in [0.3, 0.4) is 0 Å². The topological polar surface area (TPSA) is 58.6 Å². The monoisotopic (exact) mass is 366 g/mol. The summed E-state index contributed by atoms with van der Waals surface area (Å²) < 4.78 is 5.25. The molecule has 0 spiro atoms. The van der Waals surface area contributed by atoms with Gasteiger partial charge in [-0.25, -0.2) is 9.97 Å². The number of aromatic nitrogens is 2. The average molecular weight is 366 g/mol. The highest BCUT2D eigenvalue weighted by atomic mass is 16.5. The number of piperidine rings is 1. The van der Waals surface area contributed by atoms with Gasteiger partial charge in [0.15, 0.2) is 0 Å². The number of amides is 1. The van der Waals surface area contributed by atoms with E-state index in [1.807, 2.05) is 29.3 Å². The van der Waals surface area contributed by atoms with E-state index in [1.54, 1.807) is 13.2 Å². The van der Waals surface area contributed by atoms with Gasteiger partial charge in [-0.3, -0.25) is 4.79 Å². The van der Waals surface area contributed by atoms with Gasteiger partial charge in [0.05, 0.1) is 7.11 Å². The molecule has 0 aliphatic carbocycles. The summed E-state index contributed by atoms with van der Waals surface area (Å²) >= 11 is 0. The van der Waals surface area contributed by atoms with Crippen LogP contribution in [0.4, 0.5) is 0 Å². The zero-order chi connectivity index (χ0) is 18.8. The lowest BCUT2D eigenvalue weighted by molar-refractivity contribution is 0.0704. The van der Waals surface area contributed by atoms with Gasteiger partial charge in [0, 0.05) is 61.5 Å². The third-order valence-corrected chi connectivity index (χ3v) is 5.53. The molecule has 1 saturated heterocycles. The van der Waals surface area contributed by atoms with Crippen LogP contribution < -0.4 is 4.74 Å². The van der Waals surface area contributed by atoms with E-state index in [1.165, 1.54) is 11.3 Å². The number of carbonyl (C=O) groups excluding carboxylic acids is 1. The molecule has 1 amide bonds. The second kappa shape index (κ2) is 7.64. The highest BCUT2D eigenvalue weighted by Gasteiger charge is 2.28. The molecule has 1 fully saturated rings. The normalized spacial score (nSPS) is 20.2. The molecule has 6 heteroatoms. The minimum atomic E-state index is 0.0539. The second-order valence-corrected chi connectivity index (χ2v) is 7.51. The molecule has 2 aliphatic heterocycles. The fourth-order valence-electron chi connectivity index (χ4n) is 3.98. The molecule has 3 heterocycles. The lowest BCUT2D eigenvalue weighted by Gasteiger charge is -2.33. The van der Waals surface area contributed by atoms with E-state index in [0.717, 1.165) is 44.7 Å². The first-order valence-electron chi connectivity index (χ1n) is 9.60. The molecule has 2 aliphatic rings. The maximum atomic E-state index is 12.9. The van der Waals surface area contributed by atoms with Crippen molar-refractivity contribution in [3.05, 3.63) is 53.1 Å². The van der Waals surface area contributed by atoms with Crippen LogP contribution in [0, 0.1) is 0 Å². The molecular weight excluding hydrogens is 340 g/mol. The molecular formula is C21H26N4O2. The predicted molar refractivity (Wildman–Crippen MR) is 103 cm³/mol. The van der Waals surface area contributed by atoms with Crippen molar-refractivity contribution in [2.75, 3.05) is 33.8 Å². The van der Waals surface area contributed by atoms with Crippen LogP contribution in [0.2, 0.25) is 0 Å². The van der Waals surface area contributed by atoms with E-state index in [4.69, 9.17) is 9.72 Å². The molecule has 27 heavy (non-hydrogen) atoms. The van der Waals surface area contributed by atoms with E-state index in [-0.39, 0.29) is 11.8 Å². The van der Waals surface area contributed by atoms with Crippen molar-refractivity contribution in [3.63, 3.8) is 0 Å². The van der Waals surface area contributed by atoms with Gasteiger partial charge in [0.1, 0.15) is 11.6 Å². The molecule has 1 aromatic carbocycles. The van der Waals surface area contributed by atoms with Crippen LogP contribution in [-0.2, 0) is 13.0 Å². The van der Waals surface area contributed by atoms with E-state index >= 15 is 0 Å².